The normalized spacial score (nSPS) is 10.8. The molecule has 0 unspecified atom stereocenters. The summed E-state index contributed by atoms with van der Waals surface area (Å²) in [4.78, 5) is 18.4. The number of hydrogen-bond donors (Lipinski definition) is 2. The molecule has 0 atom stereocenters. The molecule has 0 aliphatic heterocycles. The lowest BCUT2D eigenvalue weighted by Gasteiger charge is -2.27. The van der Waals surface area contributed by atoms with Crippen LogP contribution in [0.1, 0.15) is 29.8 Å². The van der Waals surface area contributed by atoms with Gasteiger partial charge >= 0.3 is 0 Å². The Bertz CT molecular complexity index is 937. The second-order valence-corrected chi connectivity index (χ2v) is 7.31. The zero-order chi connectivity index (χ0) is 20.1. The molecule has 5 heteroatoms. The molecule has 3 rings (SSSR count). The maximum absolute atomic E-state index is 11.3. The lowest BCUT2D eigenvalue weighted by molar-refractivity contribution is 0.100. The van der Waals surface area contributed by atoms with Crippen LogP contribution in [0.2, 0.25) is 0 Å². The molecule has 144 valence electrons. The number of carbonyl (C=O) groups is 1. The van der Waals surface area contributed by atoms with Crippen LogP contribution < -0.4 is 16.4 Å². The number of benzene rings is 2. The van der Waals surface area contributed by atoms with Crippen LogP contribution in [0.4, 0.5) is 11.5 Å². The fourth-order valence-electron chi connectivity index (χ4n) is 3.14. The van der Waals surface area contributed by atoms with Crippen molar-refractivity contribution in [2.24, 2.45) is 11.7 Å². The van der Waals surface area contributed by atoms with Crippen LogP contribution in [0.5, 0.6) is 0 Å². The van der Waals surface area contributed by atoms with Gasteiger partial charge in [-0.05, 0) is 35.7 Å². The molecule has 1 heterocycles. The first-order valence-corrected chi connectivity index (χ1v) is 9.39. The first-order valence-electron chi connectivity index (χ1n) is 9.39. The number of anilines is 2. The van der Waals surface area contributed by atoms with E-state index in [9.17, 15) is 4.79 Å². The molecule has 0 radical (unpaired) electrons. The van der Waals surface area contributed by atoms with Gasteiger partial charge in [-0.15, -0.1) is 0 Å². The number of amides is 1. The summed E-state index contributed by atoms with van der Waals surface area (Å²) in [5.41, 5.74) is 15.8. The highest BCUT2D eigenvalue weighted by Crippen LogP contribution is 2.28. The highest BCUT2D eigenvalue weighted by molar-refractivity contribution is 5.92. The van der Waals surface area contributed by atoms with Gasteiger partial charge in [-0.2, -0.15) is 0 Å². The molecule has 0 saturated carbocycles. The Balaban J connectivity index is 1.94. The summed E-state index contributed by atoms with van der Waals surface area (Å²) >= 11 is 0. The number of primary amides is 1. The molecule has 28 heavy (non-hydrogen) atoms. The molecular weight excluding hydrogens is 348 g/mol. The highest BCUT2D eigenvalue weighted by Gasteiger charge is 2.15. The smallest absolute Gasteiger partial charge is 0.248 e. The van der Waals surface area contributed by atoms with Gasteiger partial charge < -0.3 is 16.4 Å². The van der Waals surface area contributed by atoms with Gasteiger partial charge in [-0.1, -0.05) is 56.3 Å². The van der Waals surface area contributed by atoms with Crippen LogP contribution in [-0.4, -0.2) is 17.4 Å². The maximum atomic E-state index is 11.3. The van der Waals surface area contributed by atoms with Crippen molar-refractivity contribution in [3.8, 4) is 11.3 Å². The summed E-state index contributed by atoms with van der Waals surface area (Å²) in [6, 6.07) is 21.3. The minimum atomic E-state index is -0.424. The van der Waals surface area contributed by atoms with E-state index in [1.165, 1.54) is 0 Å². The van der Waals surface area contributed by atoms with Crippen LogP contribution in [0.25, 0.3) is 11.3 Å². The third-order valence-corrected chi connectivity index (χ3v) is 4.47. The molecule has 0 aliphatic carbocycles. The van der Waals surface area contributed by atoms with Crippen LogP contribution in [0, 0.1) is 5.92 Å². The maximum Gasteiger partial charge on any atom is 0.248 e. The van der Waals surface area contributed by atoms with Gasteiger partial charge in [0.1, 0.15) is 0 Å². The Kier molecular flexibility index (Phi) is 5.94. The summed E-state index contributed by atoms with van der Waals surface area (Å²) in [6.07, 6.45) is 0. The molecule has 3 aromatic rings. The highest BCUT2D eigenvalue weighted by atomic mass is 16.1. The van der Waals surface area contributed by atoms with E-state index in [-0.39, 0.29) is 0 Å². The molecular formula is C23H26N4O. The molecule has 1 aromatic heterocycles. The van der Waals surface area contributed by atoms with E-state index in [1.54, 1.807) is 12.1 Å². The quantitative estimate of drug-likeness (QED) is 0.652. The van der Waals surface area contributed by atoms with Crippen LogP contribution in [0.15, 0.2) is 66.7 Å². The Morgan fingerprint density at radius 1 is 1.00 bits per heavy atom. The summed E-state index contributed by atoms with van der Waals surface area (Å²) in [5, 5.41) is 0. The number of pyridine rings is 1. The number of carbonyl (C=O) groups excluding carboxylic acids is 1. The van der Waals surface area contributed by atoms with Gasteiger partial charge in [0, 0.05) is 24.2 Å². The lowest BCUT2D eigenvalue weighted by atomic mass is 10.1. The Labute approximate surface area is 166 Å². The van der Waals surface area contributed by atoms with Crippen molar-refractivity contribution in [1.29, 1.82) is 0 Å². The summed E-state index contributed by atoms with van der Waals surface area (Å²) in [7, 11) is 0. The van der Waals surface area contributed by atoms with Gasteiger partial charge in [-0.3, -0.25) is 4.79 Å². The van der Waals surface area contributed by atoms with E-state index in [2.05, 4.69) is 18.7 Å². The number of rotatable bonds is 7. The van der Waals surface area contributed by atoms with Crippen molar-refractivity contribution in [3.05, 3.63) is 77.9 Å². The third kappa shape index (κ3) is 4.68. The van der Waals surface area contributed by atoms with Crippen LogP contribution in [0.3, 0.4) is 0 Å². The molecule has 4 N–H and O–H groups in total. The zero-order valence-electron chi connectivity index (χ0n) is 16.3. The summed E-state index contributed by atoms with van der Waals surface area (Å²) in [5.74, 6) is 0.785. The van der Waals surface area contributed by atoms with Crippen molar-refractivity contribution in [2.45, 2.75) is 20.4 Å². The van der Waals surface area contributed by atoms with Gasteiger partial charge in [0.25, 0.3) is 0 Å². The van der Waals surface area contributed by atoms with Gasteiger partial charge in [0.15, 0.2) is 5.82 Å². The van der Waals surface area contributed by atoms with E-state index >= 15 is 0 Å². The second-order valence-electron chi connectivity index (χ2n) is 7.31. The molecule has 0 fully saturated rings. The third-order valence-electron chi connectivity index (χ3n) is 4.47. The number of hydrogen-bond acceptors (Lipinski definition) is 4. The predicted octanol–water partition coefficient (Wildman–Crippen LogP) is 4.09. The fraction of sp³-hybridized carbons (Fsp3) is 0.217. The largest absolute Gasteiger partial charge is 0.396 e. The average molecular weight is 374 g/mol. The van der Waals surface area contributed by atoms with Gasteiger partial charge in [-0.25, -0.2) is 4.98 Å². The van der Waals surface area contributed by atoms with Crippen molar-refractivity contribution in [1.82, 2.24) is 4.98 Å². The topological polar surface area (TPSA) is 85.2 Å². The van der Waals surface area contributed by atoms with Gasteiger partial charge in [0.05, 0.1) is 11.4 Å². The first-order chi connectivity index (χ1) is 13.4. The number of nitrogen functional groups attached to an aromatic ring is 1. The minimum absolute atomic E-state index is 0.424. The van der Waals surface area contributed by atoms with Gasteiger partial charge in [0.2, 0.25) is 5.91 Å². The molecule has 0 saturated heterocycles. The summed E-state index contributed by atoms with van der Waals surface area (Å²) in [6.45, 7) is 5.79. The van der Waals surface area contributed by atoms with Crippen molar-refractivity contribution < 1.29 is 4.79 Å². The minimum Gasteiger partial charge on any atom is -0.396 e. The van der Waals surface area contributed by atoms with Crippen molar-refractivity contribution in [3.63, 3.8) is 0 Å². The lowest BCUT2D eigenvalue weighted by Crippen LogP contribution is -2.29. The molecule has 1 amide bonds. The molecule has 0 bridgehead atoms. The van der Waals surface area contributed by atoms with Crippen molar-refractivity contribution in [2.75, 3.05) is 17.2 Å². The van der Waals surface area contributed by atoms with E-state index in [1.807, 2.05) is 54.6 Å². The Hall–Kier alpha value is -3.34. The van der Waals surface area contributed by atoms with E-state index < -0.39 is 5.91 Å². The second kappa shape index (κ2) is 8.57. The Morgan fingerprint density at radius 2 is 1.68 bits per heavy atom. The first kappa shape index (κ1) is 19.4. The standard InChI is InChI=1S/C23H26N4O/c1-16(2)14-27(15-17-8-10-19(11-9-17)22(25)28)23-20(24)12-13-21(26-23)18-6-4-3-5-7-18/h3-13,16H,14-15,24H2,1-2H3,(H2,25,28). The molecule has 0 aliphatic rings. The number of nitrogens with two attached hydrogens (primary N) is 2. The van der Waals surface area contributed by atoms with E-state index in [4.69, 9.17) is 16.5 Å². The molecule has 5 nitrogen and oxygen atoms in total. The summed E-state index contributed by atoms with van der Waals surface area (Å²) < 4.78 is 0. The predicted molar refractivity (Wildman–Crippen MR) is 115 cm³/mol. The number of aromatic nitrogens is 1. The van der Waals surface area contributed by atoms with Crippen LogP contribution in [-0.2, 0) is 6.54 Å². The fourth-order valence-corrected chi connectivity index (χ4v) is 3.14. The Morgan fingerprint density at radius 3 is 2.29 bits per heavy atom. The van der Waals surface area contributed by atoms with E-state index in [0.717, 1.165) is 29.2 Å². The SMILES string of the molecule is CC(C)CN(Cc1ccc(C(N)=O)cc1)c1nc(-c2ccccc2)ccc1N. The average Bonchev–Trinajstić information content (AvgIpc) is 2.68. The van der Waals surface area contributed by atoms with E-state index in [0.29, 0.717) is 23.7 Å². The van der Waals surface area contributed by atoms with Crippen LogP contribution >= 0.6 is 0 Å². The molecule has 0 spiro atoms. The molecule has 2 aromatic carbocycles. The number of nitrogens with zero attached hydrogens (tertiary/aromatic N) is 2. The monoisotopic (exact) mass is 374 g/mol. The zero-order valence-corrected chi connectivity index (χ0v) is 16.3. The van der Waals surface area contributed by atoms with Crippen molar-refractivity contribution >= 4 is 17.4 Å².